The fourth-order valence-electron chi connectivity index (χ4n) is 1.97. The molecule has 0 aliphatic rings. The zero-order valence-electron chi connectivity index (χ0n) is 13.0. The second-order valence-electron chi connectivity index (χ2n) is 6.00. The Morgan fingerprint density at radius 1 is 1.21 bits per heavy atom. The van der Waals surface area contributed by atoms with Crippen LogP contribution in [-0.2, 0) is 19.0 Å². The van der Waals surface area contributed by atoms with Crippen molar-refractivity contribution in [3.63, 3.8) is 0 Å². The Balaban J connectivity index is 3.49. The molecule has 0 aliphatic carbocycles. The van der Waals surface area contributed by atoms with Gasteiger partial charge in [0.2, 0.25) is 0 Å². The summed E-state index contributed by atoms with van der Waals surface area (Å²) in [6, 6.07) is 0. The Hall–Kier alpha value is -0.610. The fourth-order valence-corrected chi connectivity index (χ4v) is 1.97. The fraction of sp³-hybridized carbons (Fsp3) is 0.867. The van der Waals surface area contributed by atoms with Crippen molar-refractivity contribution in [3.8, 4) is 0 Å². The third-order valence-electron chi connectivity index (χ3n) is 2.45. The molecule has 0 heterocycles. The van der Waals surface area contributed by atoms with Crippen LogP contribution in [0, 0.1) is 17.9 Å². The summed E-state index contributed by atoms with van der Waals surface area (Å²) in [4.78, 5) is 11.5. The highest BCUT2D eigenvalue weighted by molar-refractivity contribution is 5.70. The van der Waals surface area contributed by atoms with Crippen LogP contribution in [0.3, 0.4) is 0 Å². The van der Waals surface area contributed by atoms with Crippen molar-refractivity contribution < 1.29 is 19.0 Å². The van der Waals surface area contributed by atoms with Gasteiger partial charge in [-0.15, -0.1) is 0 Å². The highest BCUT2D eigenvalue weighted by Crippen LogP contribution is 2.26. The van der Waals surface area contributed by atoms with E-state index in [0.29, 0.717) is 38.8 Å². The summed E-state index contributed by atoms with van der Waals surface area (Å²) in [5.41, 5.74) is 0.242. The molecule has 0 spiro atoms. The van der Waals surface area contributed by atoms with Gasteiger partial charge in [0, 0.05) is 13.0 Å². The summed E-state index contributed by atoms with van der Waals surface area (Å²) in [5, 5.41) is 0. The molecule has 113 valence electrons. The van der Waals surface area contributed by atoms with Crippen molar-refractivity contribution in [2.24, 2.45) is 11.3 Å². The molecule has 0 fully saturated rings. The molecule has 0 N–H and O–H groups in total. The molecule has 1 unspecified atom stereocenters. The number of ether oxygens (including phenoxy) is 3. The van der Waals surface area contributed by atoms with Crippen LogP contribution in [0.1, 0.15) is 47.5 Å². The van der Waals surface area contributed by atoms with Crippen LogP contribution in [0.15, 0.2) is 0 Å². The molecule has 0 saturated carbocycles. The lowest BCUT2D eigenvalue weighted by molar-refractivity contribution is -0.142. The number of carbonyl (C=O) groups is 1. The molecule has 19 heavy (non-hydrogen) atoms. The van der Waals surface area contributed by atoms with Gasteiger partial charge in [0.15, 0.2) is 6.61 Å². The first-order valence-corrected chi connectivity index (χ1v) is 7.01. The van der Waals surface area contributed by atoms with E-state index >= 15 is 0 Å². The number of rotatable bonds is 10. The van der Waals surface area contributed by atoms with E-state index in [2.05, 4.69) is 27.7 Å². The maximum absolute atomic E-state index is 11.5. The molecule has 0 saturated heterocycles. The number of hydrogen-bond acceptors (Lipinski definition) is 4. The molecule has 0 amide bonds. The number of carbonyl (C=O) groups excluding carboxylic acids is 1. The van der Waals surface area contributed by atoms with Gasteiger partial charge in [-0.3, -0.25) is 4.79 Å². The van der Waals surface area contributed by atoms with Gasteiger partial charge < -0.3 is 14.2 Å². The third-order valence-corrected chi connectivity index (χ3v) is 2.45. The van der Waals surface area contributed by atoms with E-state index in [9.17, 15) is 4.79 Å². The lowest BCUT2D eigenvalue weighted by atomic mass is 9.84. The van der Waals surface area contributed by atoms with Crippen LogP contribution in [0.5, 0.6) is 0 Å². The van der Waals surface area contributed by atoms with E-state index < -0.39 is 0 Å². The van der Waals surface area contributed by atoms with Crippen molar-refractivity contribution in [2.45, 2.75) is 47.5 Å². The highest BCUT2D eigenvalue weighted by Gasteiger charge is 2.18. The molecule has 1 radical (unpaired) electrons. The third kappa shape index (κ3) is 13.6. The minimum absolute atomic E-state index is 0.190. The van der Waals surface area contributed by atoms with Gasteiger partial charge in [0.25, 0.3) is 0 Å². The topological polar surface area (TPSA) is 44.8 Å². The Kier molecular flexibility index (Phi) is 9.88. The van der Waals surface area contributed by atoms with Crippen molar-refractivity contribution in [1.82, 2.24) is 0 Å². The van der Waals surface area contributed by atoms with Gasteiger partial charge in [-0.05, 0) is 24.7 Å². The summed E-state index contributed by atoms with van der Waals surface area (Å²) in [5.74, 6) is 0.143. The molecule has 1 atom stereocenters. The van der Waals surface area contributed by atoms with E-state index in [4.69, 9.17) is 14.2 Å². The molecule has 0 aromatic rings. The molecular weight excluding hydrogens is 244 g/mol. The van der Waals surface area contributed by atoms with Crippen molar-refractivity contribution in [1.29, 1.82) is 0 Å². The lowest BCUT2D eigenvalue weighted by Crippen LogP contribution is -2.16. The first-order chi connectivity index (χ1) is 8.85. The van der Waals surface area contributed by atoms with Crippen LogP contribution in [0.2, 0.25) is 0 Å². The first kappa shape index (κ1) is 18.4. The number of hydrogen-bond donors (Lipinski definition) is 0. The zero-order chi connectivity index (χ0) is 14.7. The van der Waals surface area contributed by atoms with Crippen molar-refractivity contribution in [3.05, 3.63) is 6.61 Å². The molecule has 0 aromatic carbocycles. The highest BCUT2D eigenvalue weighted by atomic mass is 16.6. The second-order valence-corrected chi connectivity index (χ2v) is 6.00. The van der Waals surface area contributed by atoms with Gasteiger partial charge in [0.1, 0.15) is 0 Å². The Bertz CT molecular complexity index is 233. The molecule has 0 rings (SSSR count). The van der Waals surface area contributed by atoms with E-state index in [1.54, 1.807) is 0 Å². The van der Waals surface area contributed by atoms with E-state index in [0.717, 1.165) is 6.42 Å². The molecule has 0 aromatic heterocycles. The predicted octanol–water partition coefficient (Wildman–Crippen LogP) is 3.21. The van der Waals surface area contributed by atoms with Crippen LogP contribution in [0.4, 0.5) is 0 Å². The van der Waals surface area contributed by atoms with Crippen LogP contribution in [0.25, 0.3) is 0 Å². The zero-order valence-corrected chi connectivity index (χ0v) is 13.0. The normalized spacial score (nSPS) is 13.3. The average Bonchev–Trinajstić information content (AvgIpc) is 2.25. The second kappa shape index (κ2) is 10.2. The largest absolute Gasteiger partial charge is 0.456 e. The Morgan fingerprint density at radius 2 is 1.84 bits per heavy atom. The molecule has 4 heteroatoms. The number of esters is 1. The van der Waals surface area contributed by atoms with Crippen LogP contribution < -0.4 is 0 Å². The minimum Gasteiger partial charge on any atom is -0.456 e. The SMILES string of the molecule is CCOCCOC[CH]OC(=O)CC(C)CC(C)(C)C. The minimum atomic E-state index is -0.190. The maximum atomic E-state index is 11.5. The quantitative estimate of drug-likeness (QED) is 0.453. The van der Waals surface area contributed by atoms with Gasteiger partial charge in [-0.25, -0.2) is 0 Å². The summed E-state index contributed by atoms with van der Waals surface area (Å²) >= 11 is 0. The molecule has 4 nitrogen and oxygen atoms in total. The average molecular weight is 273 g/mol. The first-order valence-electron chi connectivity index (χ1n) is 7.01. The summed E-state index contributed by atoms with van der Waals surface area (Å²) in [6.07, 6.45) is 1.46. The predicted molar refractivity (Wildman–Crippen MR) is 75.6 cm³/mol. The van der Waals surface area contributed by atoms with E-state index in [1.807, 2.05) is 6.92 Å². The monoisotopic (exact) mass is 273 g/mol. The Labute approximate surface area is 117 Å². The van der Waals surface area contributed by atoms with Crippen molar-refractivity contribution >= 4 is 5.97 Å². The Morgan fingerprint density at radius 3 is 2.42 bits per heavy atom. The van der Waals surface area contributed by atoms with Gasteiger partial charge in [0.05, 0.1) is 19.8 Å². The summed E-state index contributed by atoms with van der Waals surface area (Å²) < 4.78 is 15.3. The van der Waals surface area contributed by atoms with Gasteiger partial charge >= 0.3 is 5.97 Å². The standard InChI is InChI=1S/C15H29O4/c1-6-17-7-8-18-9-10-19-14(16)11-13(2)12-15(3,4)5/h10,13H,6-9,11-12H2,1-5H3. The maximum Gasteiger partial charge on any atom is 0.306 e. The molecule has 0 aliphatic heterocycles. The van der Waals surface area contributed by atoms with Gasteiger partial charge in [-0.1, -0.05) is 27.7 Å². The lowest BCUT2D eigenvalue weighted by Gasteiger charge is -2.22. The summed E-state index contributed by atoms with van der Waals surface area (Å²) in [6.45, 7) is 14.0. The molecule has 0 bridgehead atoms. The smallest absolute Gasteiger partial charge is 0.306 e. The van der Waals surface area contributed by atoms with E-state index in [-0.39, 0.29) is 11.4 Å². The summed E-state index contributed by atoms with van der Waals surface area (Å²) in [7, 11) is 0. The van der Waals surface area contributed by atoms with Crippen molar-refractivity contribution in [2.75, 3.05) is 26.4 Å². The van der Waals surface area contributed by atoms with E-state index in [1.165, 1.54) is 6.61 Å². The van der Waals surface area contributed by atoms with Crippen LogP contribution in [-0.4, -0.2) is 32.4 Å². The van der Waals surface area contributed by atoms with Gasteiger partial charge in [-0.2, -0.15) is 0 Å². The molecular formula is C15H29O4. The van der Waals surface area contributed by atoms with Crippen LogP contribution >= 0.6 is 0 Å².